The number of aromatic nitrogens is 1. The Hall–Kier alpha value is -1.58. The Morgan fingerprint density at radius 3 is 2.72 bits per heavy atom. The summed E-state index contributed by atoms with van der Waals surface area (Å²) < 4.78 is 0. The van der Waals surface area contributed by atoms with Crippen molar-refractivity contribution in [3.8, 4) is 0 Å². The highest BCUT2D eigenvalue weighted by atomic mass is 15.2. The maximum Gasteiger partial charge on any atom is 0.191 e. The van der Waals surface area contributed by atoms with Crippen molar-refractivity contribution < 1.29 is 0 Å². The number of rotatable bonds is 3. The second-order valence-electron chi connectivity index (χ2n) is 4.75. The van der Waals surface area contributed by atoms with Crippen LogP contribution in [-0.2, 0) is 6.42 Å². The molecule has 18 heavy (non-hydrogen) atoms. The summed E-state index contributed by atoms with van der Waals surface area (Å²) >= 11 is 0. The van der Waals surface area contributed by atoms with Crippen LogP contribution >= 0.6 is 0 Å². The SMILES string of the molecule is NC(=NCCc1cccnc1)N1CCCCCC1. The van der Waals surface area contributed by atoms with E-state index in [4.69, 9.17) is 5.73 Å². The normalized spacial score (nSPS) is 17.6. The van der Waals surface area contributed by atoms with E-state index in [0.717, 1.165) is 26.1 Å². The lowest BCUT2D eigenvalue weighted by molar-refractivity contribution is 0.428. The van der Waals surface area contributed by atoms with Crippen molar-refractivity contribution in [2.75, 3.05) is 19.6 Å². The van der Waals surface area contributed by atoms with Crippen molar-refractivity contribution >= 4 is 5.96 Å². The third-order valence-corrected chi connectivity index (χ3v) is 3.33. The fourth-order valence-corrected chi connectivity index (χ4v) is 2.25. The van der Waals surface area contributed by atoms with E-state index in [0.29, 0.717) is 5.96 Å². The Kier molecular flexibility index (Phi) is 5.00. The van der Waals surface area contributed by atoms with E-state index >= 15 is 0 Å². The van der Waals surface area contributed by atoms with Crippen LogP contribution in [0.15, 0.2) is 29.5 Å². The van der Waals surface area contributed by atoms with Crippen molar-refractivity contribution in [2.45, 2.75) is 32.1 Å². The number of pyridine rings is 1. The number of guanidine groups is 1. The van der Waals surface area contributed by atoms with Gasteiger partial charge in [0.1, 0.15) is 0 Å². The zero-order chi connectivity index (χ0) is 12.6. The molecule has 1 aromatic heterocycles. The molecule has 0 aliphatic carbocycles. The molecule has 4 heteroatoms. The molecule has 0 aromatic carbocycles. The first kappa shape index (κ1) is 12.9. The Morgan fingerprint density at radius 1 is 1.28 bits per heavy atom. The largest absolute Gasteiger partial charge is 0.370 e. The molecular formula is C14H22N4. The fourth-order valence-electron chi connectivity index (χ4n) is 2.25. The van der Waals surface area contributed by atoms with Crippen LogP contribution in [0, 0.1) is 0 Å². The molecule has 1 fully saturated rings. The first-order valence-electron chi connectivity index (χ1n) is 6.80. The van der Waals surface area contributed by atoms with Gasteiger partial charge in [-0.1, -0.05) is 18.9 Å². The van der Waals surface area contributed by atoms with Crippen molar-refractivity contribution in [3.05, 3.63) is 30.1 Å². The molecule has 4 nitrogen and oxygen atoms in total. The number of hydrogen-bond acceptors (Lipinski definition) is 2. The average molecular weight is 246 g/mol. The molecule has 2 rings (SSSR count). The van der Waals surface area contributed by atoms with Gasteiger partial charge in [0.2, 0.25) is 0 Å². The standard InChI is InChI=1S/C14H22N4/c15-14(18-10-3-1-2-4-11-18)17-9-7-13-6-5-8-16-12-13/h5-6,8,12H,1-4,7,9-11H2,(H2,15,17). The zero-order valence-corrected chi connectivity index (χ0v) is 10.9. The van der Waals surface area contributed by atoms with Gasteiger partial charge in [-0.3, -0.25) is 9.98 Å². The average Bonchev–Trinajstić information content (AvgIpc) is 2.69. The summed E-state index contributed by atoms with van der Waals surface area (Å²) in [6.07, 6.45) is 9.69. The van der Waals surface area contributed by atoms with Crippen LogP contribution in [0.3, 0.4) is 0 Å². The van der Waals surface area contributed by atoms with Crippen LogP contribution in [0.1, 0.15) is 31.2 Å². The zero-order valence-electron chi connectivity index (χ0n) is 10.9. The topological polar surface area (TPSA) is 54.5 Å². The van der Waals surface area contributed by atoms with Crippen LogP contribution in [0.5, 0.6) is 0 Å². The van der Waals surface area contributed by atoms with Crippen LogP contribution in [-0.4, -0.2) is 35.5 Å². The van der Waals surface area contributed by atoms with Gasteiger partial charge in [0, 0.05) is 32.0 Å². The Morgan fingerprint density at radius 2 is 2.06 bits per heavy atom. The maximum atomic E-state index is 6.04. The molecule has 0 radical (unpaired) electrons. The molecule has 2 N–H and O–H groups in total. The molecule has 0 atom stereocenters. The number of nitrogens with zero attached hydrogens (tertiary/aromatic N) is 3. The summed E-state index contributed by atoms with van der Waals surface area (Å²) in [6.45, 7) is 2.86. The van der Waals surface area contributed by atoms with Gasteiger partial charge in [-0.2, -0.15) is 0 Å². The number of aliphatic imine (C=N–C) groups is 1. The highest BCUT2D eigenvalue weighted by Gasteiger charge is 2.10. The van der Waals surface area contributed by atoms with E-state index in [1.807, 2.05) is 12.3 Å². The van der Waals surface area contributed by atoms with Crippen LogP contribution < -0.4 is 5.73 Å². The summed E-state index contributed by atoms with van der Waals surface area (Å²) in [6, 6.07) is 4.03. The Balaban J connectivity index is 1.81. The molecule has 2 heterocycles. The van der Waals surface area contributed by atoms with E-state index in [1.165, 1.54) is 31.2 Å². The van der Waals surface area contributed by atoms with Gasteiger partial charge in [-0.05, 0) is 30.9 Å². The molecule has 1 aliphatic rings. The lowest BCUT2D eigenvalue weighted by Gasteiger charge is -2.21. The fraction of sp³-hybridized carbons (Fsp3) is 0.571. The third-order valence-electron chi connectivity index (χ3n) is 3.33. The second-order valence-corrected chi connectivity index (χ2v) is 4.75. The molecule has 98 valence electrons. The van der Waals surface area contributed by atoms with Crippen molar-refractivity contribution in [2.24, 2.45) is 10.7 Å². The molecule has 1 aromatic rings. The van der Waals surface area contributed by atoms with E-state index in [-0.39, 0.29) is 0 Å². The predicted molar refractivity (Wildman–Crippen MR) is 74.5 cm³/mol. The molecule has 0 amide bonds. The van der Waals surface area contributed by atoms with Gasteiger partial charge in [0.15, 0.2) is 5.96 Å². The predicted octanol–water partition coefficient (Wildman–Crippen LogP) is 1.81. The molecular weight excluding hydrogens is 224 g/mol. The van der Waals surface area contributed by atoms with Gasteiger partial charge in [0.25, 0.3) is 0 Å². The number of hydrogen-bond donors (Lipinski definition) is 1. The molecule has 0 saturated carbocycles. The van der Waals surface area contributed by atoms with Crippen LogP contribution in [0.25, 0.3) is 0 Å². The number of likely N-dealkylation sites (tertiary alicyclic amines) is 1. The van der Waals surface area contributed by atoms with E-state index in [2.05, 4.69) is 20.9 Å². The second kappa shape index (κ2) is 6.99. The van der Waals surface area contributed by atoms with E-state index < -0.39 is 0 Å². The summed E-state index contributed by atoms with van der Waals surface area (Å²) in [7, 11) is 0. The summed E-state index contributed by atoms with van der Waals surface area (Å²) in [4.78, 5) is 10.8. The molecule has 0 bridgehead atoms. The lowest BCUT2D eigenvalue weighted by Crippen LogP contribution is -2.38. The monoisotopic (exact) mass is 246 g/mol. The van der Waals surface area contributed by atoms with Crippen LogP contribution in [0.2, 0.25) is 0 Å². The molecule has 1 saturated heterocycles. The van der Waals surface area contributed by atoms with Gasteiger partial charge in [0.05, 0.1) is 0 Å². The minimum absolute atomic E-state index is 0.709. The summed E-state index contributed by atoms with van der Waals surface area (Å²) in [5.74, 6) is 0.709. The van der Waals surface area contributed by atoms with Gasteiger partial charge >= 0.3 is 0 Å². The first-order valence-corrected chi connectivity index (χ1v) is 6.80. The van der Waals surface area contributed by atoms with E-state index in [1.54, 1.807) is 6.20 Å². The van der Waals surface area contributed by atoms with Crippen LogP contribution in [0.4, 0.5) is 0 Å². The smallest absolute Gasteiger partial charge is 0.191 e. The quantitative estimate of drug-likeness (QED) is 0.654. The van der Waals surface area contributed by atoms with Gasteiger partial charge in [-0.25, -0.2) is 0 Å². The Bertz CT molecular complexity index is 367. The highest BCUT2D eigenvalue weighted by Crippen LogP contribution is 2.09. The molecule has 0 unspecified atom stereocenters. The maximum absolute atomic E-state index is 6.04. The molecule has 0 spiro atoms. The van der Waals surface area contributed by atoms with Crippen molar-refractivity contribution in [1.82, 2.24) is 9.88 Å². The van der Waals surface area contributed by atoms with Gasteiger partial charge in [-0.15, -0.1) is 0 Å². The van der Waals surface area contributed by atoms with Gasteiger partial charge < -0.3 is 10.6 Å². The lowest BCUT2D eigenvalue weighted by atomic mass is 10.2. The minimum atomic E-state index is 0.709. The third kappa shape index (κ3) is 4.02. The number of nitrogens with two attached hydrogens (primary N) is 1. The molecule has 1 aliphatic heterocycles. The summed E-state index contributed by atoms with van der Waals surface area (Å²) in [5, 5.41) is 0. The van der Waals surface area contributed by atoms with Crippen molar-refractivity contribution in [1.29, 1.82) is 0 Å². The van der Waals surface area contributed by atoms with Crippen molar-refractivity contribution in [3.63, 3.8) is 0 Å². The first-order chi connectivity index (χ1) is 8.86. The summed E-state index contributed by atoms with van der Waals surface area (Å²) in [5.41, 5.74) is 7.26. The highest BCUT2D eigenvalue weighted by molar-refractivity contribution is 5.78. The Labute approximate surface area is 109 Å². The van der Waals surface area contributed by atoms with E-state index in [9.17, 15) is 0 Å². The minimum Gasteiger partial charge on any atom is -0.370 e.